The van der Waals surface area contributed by atoms with E-state index >= 15 is 0 Å². The molecule has 0 aromatic rings. The summed E-state index contributed by atoms with van der Waals surface area (Å²) in [4.78, 5) is 3.13. The van der Waals surface area contributed by atoms with Crippen LogP contribution < -0.4 is 5.32 Å². The number of rotatable bonds is 1. The molecule has 0 heterocycles. The molecule has 0 radical (unpaired) electrons. The normalized spacial score (nSPS) is 10.1. The summed E-state index contributed by atoms with van der Waals surface area (Å²) in [5.41, 5.74) is 0.683. The van der Waals surface area contributed by atoms with Gasteiger partial charge in [-0.05, 0) is 13.1 Å². The molecule has 0 fully saturated rings. The van der Waals surface area contributed by atoms with Gasteiger partial charge in [-0.2, -0.15) is 0 Å². The highest BCUT2D eigenvalue weighted by Crippen LogP contribution is 1.87. The number of allylic oxidation sites excluding steroid dienone is 1. The maximum absolute atomic E-state index is 6.43. The summed E-state index contributed by atoms with van der Waals surface area (Å²) < 4.78 is 0. The van der Waals surface area contributed by atoms with Crippen molar-refractivity contribution in [1.29, 1.82) is 0 Å². The minimum Gasteiger partial charge on any atom is -0.403 e. The molecule has 0 rings (SSSR count). The van der Waals surface area contributed by atoms with Crippen molar-refractivity contribution in [1.82, 2.24) is 5.32 Å². The van der Waals surface area contributed by atoms with Gasteiger partial charge in [-0.3, -0.25) is 0 Å². The summed E-state index contributed by atoms with van der Waals surface area (Å²) >= 11 is 0. The Morgan fingerprint density at radius 3 is 2.57 bits per heavy atom. The summed E-state index contributed by atoms with van der Waals surface area (Å²) in [6, 6.07) is 0. The molecule has 0 amide bonds. The zero-order valence-electron chi connectivity index (χ0n) is 4.52. The van der Waals surface area contributed by atoms with Gasteiger partial charge in [-0.25, -0.2) is 4.85 Å². The van der Waals surface area contributed by atoms with Crippen LogP contribution in [0.3, 0.4) is 0 Å². The number of hydrogen-bond donors (Lipinski definition) is 1. The summed E-state index contributed by atoms with van der Waals surface area (Å²) in [5, 5.41) is 2.74. The van der Waals surface area contributed by atoms with Crippen LogP contribution in [0, 0.1) is 6.57 Å². The highest BCUT2D eigenvalue weighted by molar-refractivity contribution is 5.03. The Morgan fingerprint density at radius 2 is 2.43 bits per heavy atom. The average molecular weight is 96.1 g/mol. The Morgan fingerprint density at radius 1 is 1.86 bits per heavy atom. The zero-order valence-corrected chi connectivity index (χ0v) is 4.52. The predicted molar refractivity (Wildman–Crippen MR) is 29.4 cm³/mol. The lowest BCUT2D eigenvalue weighted by Gasteiger charge is -1.82. The summed E-state index contributed by atoms with van der Waals surface area (Å²) in [6.07, 6.45) is 1.66. The van der Waals surface area contributed by atoms with Crippen molar-refractivity contribution in [2.45, 2.75) is 6.92 Å². The molecule has 0 aliphatic rings. The fourth-order valence-corrected chi connectivity index (χ4v) is 0.241. The molecule has 0 aromatic carbocycles. The van der Waals surface area contributed by atoms with E-state index in [1.165, 1.54) is 0 Å². The summed E-state index contributed by atoms with van der Waals surface area (Å²) in [6.45, 7) is 8.18. The predicted octanol–water partition coefficient (Wildman–Crippen LogP) is 0.986. The van der Waals surface area contributed by atoms with Crippen molar-refractivity contribution < 1.29 is 0 Å². The van der Waals surface area contributed by atoms with E-state index in [9.17, 15) is 0 Å². The first-order valence-corrected chi connectivity index (χ1v) is 2.02. The lowest BCUT2D eigenvalue weighted by atomic mass is 10.6. The number of hydrogen-bond acceptors (Lipinski definition) is 1. The molecule has 0 saturated heterocycles. The quantitative estimate of drug-likeness (QED) is 0.481. The summed E-state index contributed by atoms with van der Waals surface area (Å²) in [7, 11) is 1.77. The highest BCUT2D eigenvalue weighted by atomic mass is 14.8. The van der Waals surface area contributed by atoms with Gasteiger partial charge in [0.2, 0.25) is 0 Å². The standard InChI is InChI=1S/C5H8N2/c1-5(7-3)4-6-2/h4,6H,1-2H3/b5-4+. The smallest absolute Gasteiger partial charge is 0.177 e. The van der Waals surface area contributed by atoms with Crippen LogP contribution in [-0.2, 0) is 0 Å². The number of nitrogens with zero attached hydrogens (tertiary/aromatic N) is 1. The van der Waals surface area contributed by atoms with Crippen LogP contribution in [0.25, 0.3) is 4.85 Å². The maximum Gasteiger partial charge on any atom is 0.177 e. The molecule has 0 aromatic heterocycles. The van der Waals surface area contributed by atoms with Gasteiger partial charge < -0.3 is 5.32 Å². The Labute approximate surface area is 43.7 Å². The third-order valence-electron chi connectivity index (χ3n) is 0.530. The van der Waals surface area contributed by atoms with Gasteiger partial charge in [0.15, 0.2) is 5.70 Å². The molecule has 0 spiro atoms. The lowest BCUT2D eigenvalue weighted by Crippen LogP contribution is -1.91. The molecule has 0 aliphatic heterocycles. The second-order valence-electron chi connectivity index (χ2n) is 1.19. The van der Waals surface area contributed by atoms with E-state index in [0.29, 0.717) is 5.70 Å². The van der Waals surface area contributed by atoms with Gasteiger partial charge >= 0.3 is 0 Å². The highest BCUT2D eigenvalue weighted by Gasteiger charge is 1.75. The molecule has 0 saturated carbocycles. The Balaban J connectivity index is 3.57. The van der Waals surface area contributed by atoms with Gasteiger partial charge in [0.1, 0.15) is 0 Å². The minimum absolute atomic E-state index is 0.683. The van der Waals surface area contributed by atoms with E-state index in [0.717, 1.165) is 0 Å². The molecule has 2 nitrogen and oxygen atoms in total. The first kappa shape index (κ1) is 6.03. The molecule has 2 heteroatoms. The van der Waals surface area contributed by atoms with Crippen molar-refractivity contribution in [2.24, 2.45) is 0 Å². The molecular weight excluding hydrogens is 88.1 g/mol. The molecule has 0 aliphatic carbocycles. The Hall–Kier alpha value is -0.970. The van der Waals surface area contributed by atoms with Crippen LogP contribution in [0.4, 0.5) is 0 Å². The molecule has 0 bridgehead atoms. The van der Waals surface area contributed by atoms with Crippen LogP contribution in [0.1, 0.15) is 6.92 Å². The van der Waals surface area contributed by atoms with Crippen molar-refractivity contribution in [3.8, 4) is 0 Å². The van der Waals surface area contributed by atoms with E-state index in [4.69, 9.17) is 6.57 Å². The van der Waals surface area contributed by atoms with Crippen LogP contribution in [-0.4, -0.2) is 7.05 Å². The lowest BCUT2D eigenvalue weighted by molar-refractivity contribution is 1.08. The first-order chi connectivity index (χ1) is 3.31. The van der Waals surface area contributed by atoms with Crippen LogP contribution in [0.2, 0.25) is 0 Å². The Kier molecular flexibility index (Phi) is 2.78. The molecule has 7 heavy (non-hydrogen) atoms. The monoisotopic (exact) mass is 96.1 g/mol. The SMILES string of the molecule is [C-]#[N+]/C(C)=C/NC. The molecule has 38 valence electrons. The number of nitrogens with one attached hydrogen (secondary N) is 1. The van der Waals surface area contributed by atoms with E-state index in [1.807, 2.05) is 0 Å². The Bertz CT molecular complexity index is 108. The van der Waals surface area contributed by atoms with Gasteiger partial charge in [-0.1, -0.05) is 0 Å². The zero-order chi connectivity index (χ0) is 5.70. The average Bonchev–Trinajstić information content (AvgIpc) is 1.68. The third-order valence-corrected chi connectivity index (χ3v) is 0.530. The van der Waals surface area contributed by atoms with Crippen molar-refractivity contribution in [3.05, 3.63) is 23.3 Å². The van der Waals surface area contributed by atoms with Crippen LogP contribution >= 0.6 is 0 Å². The van der Waals surface area contributed by atoms with Crippen molar-refractivity contribution >= 4 is 0 Å². The topological polar surface area (TPSA) is 16.4 Å². The van der Waals surface area contributed by atoms with Crippen molar-refractivity contribution in [2.75, 3.05) is 7.05 Å². The minimum atomic E-state index is 0.683. The largest absolute Gasteiger partial charge is 0.403 e. The first-order valence-electron chi connectivity index (χ1n) is 2.02. The van der Waals surface area contributed by atoms with E-state index in [-0.39, 0.29) is 0 Å². The third kappa shape index (κ3) is 2.84. The molecule has 0 atom stereocenters. The fourth-order valence-electron chi connectivity index (χ4n) is 0.241. The second kappa shape index (κ2) is 3.23. The van der Waals surface area contributed by atoms with Gasteiger partial charge in [0.25, 0.3) is 0 Å². The molecular formula is C5H8N2. The van der Waals surface area contributed by atoms with E-state index < -0.39 is 0 Å². The van der Waals surface area contributed by atoms with Crippen LogP contribution in [0.15, 0.2) is 11.9 Å². The van der Waals surface area contributed by atoms with Crippen molar-refractivity contribution in [3.63, 3.8) is 0 Å². The maximum atomic E-state index is 6.43. The molecule has 1 N–H and O–H groups in total. The van der Waals surface area contributed by atoms with E-state index in [1.54, 1.807) is 20.2 Å². The molecule has 0 unspecified atom stereocenters. The van der Waals surface area contributed by atoms with Gasteiger partial charge in [-0.15, -0.1) is 0 Å². The summed E-state index contributed by atoms with van der Waals surface area (Å²) in [5.74, 6) is 0. The van der Waals surface area contributed by atoms with Gasteiger partial charge in [0, 0.05) is 7.05 Å². The van der Waals surface area contributed by atoms with E-state index in [2.05, 4.69) is 10.2 Å². The second-order valence-corrected chi connectivity index (χ2v) is 1.19. The van der Waals surface area contributed by atoms with Crippen LogP contribution in [0.5, 0.6) is 0 Å². The van der Waals surface area contributed by atoms with Gasteiger partial charge in [0.05, 0.1) is 6.57 Å². The fraction of sp³-hybridized carbons (Fsp3) is 0.400.